The van der Waals surface area contributed by atoms with Gasteiger partial charge in [0.1, 0.15) is 0 Å². The number of carbonyl (C=O) groups is 1. The Morgan fingerprint density at radius 3 is 2.08 bits per heavy atom. The minimum Gasteiger partial charge on any atom is -0.289 e. The smallest absolute Gasteiger partial charge is 0.185 e. The third-order valence-corrected chi connectivity index (χ3v) is 5.48. The molecule has 0 spiro atoms. The van der Waals surface area contributed by atoms with E-state index in [9.17, 15) is 4.79 Å². The van der Waals surface area contributed by atoms with Gasteiger partial charge in [0.2, 0.25) is 0 Å². The van der Waals surface area contributed by atoms with E-state index >= 15 is 0 Å². The van der Waals surface area contributed by atoms with Crippen LogP contribution in [0, 0.1) is 0 Å². The maximum absolute atomic E-state index is 12.4. The highest BCUT2D eigenvalue weighted by Crippen LogP contribution is 2.32. The van der Waals surface area contributed by atoms with E-state index in [1.54, 1.807) is 6.08 Å². The fraction of sp³-hybridized carbons (Fsp3) is 0.400. The molecular formula is C25H30O. The number of benzene rings is 2. The number of ketones is 1. The molecular weight excluding hydrogens is 316 g/mol. The first-order chi connectivity index (χ1) is 12.4. The largest absolute Gasteiger partial charge is 0.289 e. The molecule has 0 saturated heterocycles. The lowest BCUT2D eigenvalue weighted by molar-refractivity contribution is 0.104. The molecule has 0 aromatic heterocycles. The molecule has 2 aromatic rings. The van der Waals surface area contributed by atoms with Crippen molar-refractivity contribution in [2.75, 3.05) is 0 Å². The van der Waals surface area contributed by atoms with Crippen LogP contribution < -0.4 is 0 Å². The Bertz CT molecular complexity index is 751. The van der Waals surface area contributed by atoms with Gasteiger partial charge in [0.15, 0.2) is 5.78 Å². The van der Waals surface area contributed by atoms with E-state index in [1.807, 2.05) is 18.2 Å². The van der Waals surface area contributed by atoms with Crippen LogP contribution in [0.1, 0.15) is 85.8 Å². The maximum Gasteiger partial charge on any atom is 0.185 e. The van der Waals surface area contributed by atoms with Crippen molar-refractivity contribution in [3.05, 3.63) is 76.9 Å². The summed E-state index contributed by atoms with van der Waals surface area (Å²) < 4.78 is 0. The third-order valence-electron chi connectivity index (χ3n) is 5.48. The van der Waals surface area contributed by atoms with E-state index in [1.165, 1.54) is 43.2 Å². The lowest BCUT2D eigenvalue weighted by Gasteiger charge is -2.21. The minimum atomic E-state index is 0.0695. The maximum atomic E-state index is 12.4. The highest BCUT2D eigenvalue weighted by molar-refractivity contribution is 6.06. The summed E-state index contributed by atoms with van der Waals surface area (Å²) in [7, 11) is 0. The van der Waals surface area contributed by atoms with Crippen molar-refractivity contribution in [3.8, 4) is 0 Å². The van der Waals surface area contributed by atoms with Gasteiger partial charge in [-0.3, -0.25) is 4.79 Å². The van der Waals surface area contributed by atoms with E-state index in [0.717, 1.165) is 11.1 Å². The molecule has 1 saturated carbocycles. The van der Waals surface area contributed by atoms with Crippen LogP contribution >= 0.6 is 0 Å². The van der Waals surface area contributed by atoms with E-state index < -0.39 is 0 Å². The van der Waals surface area contributed by atoms with Crippen LogP contribution in [0.2, 0.25) is 0 Å². The average Bonchev–Trinajstić information content (AvgIpc) is 2.66. The Morgan fingerprint density at radius 1 is 0.885 bits per heavy atom. The molecule has 0 aliphatic heterocycles. The van der Waals surface area contributed by atoms with E-state index in [-0.39, 0.29) is 11.2 Å². The Morgan fingerprint density at radius 2 is 1.50 bits per heavy atom. The van der Waals surface area contributed by atoms with Crippen molar-refractivity contribution < 1.29 is 4.79 Å². The summed E-state index contributed by atoms with van der Waals surface area (Å²) in [6, 6.07) is 16.7. The summed E-state index contributed by atoms with van der Waals surface area (Å²) in [5.41, 5.74) is 4.68. The van der Waals surface area contributed by atoms with Gasteiger partial charge in [-0.2, -0.15) is 0 Å². The molecule has 3 rings (SSSR count). The Balaban J connectivity index is 1.64. The van der Waals surface area contributed by atoms with Crippen molar-refractivity contribution in [1.82, 2.24) is 0 Å². The number of allylic oxidation sites excluding steroid dienone is 1. The first-order valence-electron chi connectivity index (χ1n) is 9.86. The fourth-order valence-corrected chi connectivity index (χ4v) is 3.72. The number of carbonyl (C=O) groups excluding carboxylic acids is 1. The second kappa shape index (κ2) is 8.03. The van der Waals surface area contributed by atoms with Gasteiger partial charge in [-0.25, -0.2) is 0 Å². The van der Waals surface area contributed by atoms with Gasteiger partial charge < -0.3 is 0 Å². The fourth-order valence-electron chi connectivity index (χ4n) is 3.72. The van der Waals surface area contributed by atoms with Gasteiger partial charge in [-0.1, -0.05) is 94.6 Å². The number of hydrogen-bond acceptors (Lipinski definition) is 1. The van der Waals surface area contributed by atoms with E-state index in [2.05, 4.69) is 57.2 Å². The molecule has 0 radical (unpaired) electrons. The average molecular weight is 347 g/mol. The molecule has 1 nitrogen and oxygen atoms in total. The van der Waals surface area contributed by atoms with Gasteiger partial charge >= 0.3 is 0 Å². The zero-order valence-corrected chi connectivity index (χ0v) is 16.3. The second-order valence-electron chi connectivity index (χ2n) is 8.53. The Kier molecular flexibility index (Phi) is 5.76. The molecule has 0 atom stereocenters. The standard InChI is InChI=1S/C25H30O/c1-25(2,3)23-16-9-19(10-17-23)11-18-24(26)22-14-12-21(13-15-22)20-7-5-4-6-8-20/h9-18,20H,4-8H2,1-3H3/b18-11+. The Hall–Kier alpha value is -2.15. The molecule has 1 aliphatic carbocycles. The lowest BCUT2D eigenvalue weighted by Crippen LogP contribution is -2.10. The molecule has 0 N–H and O–H groups in total. The number of rotatable bonds is 4. The van der Waals surface area contributed by atoms with Crippen LogP contribution in [0.15, 0.2) is 54.6 Å². The molecule has 0 amide bonds. The third kappa shape index (κ3) is 4.72. The van der Waals surface area contributed by atoms with Crippen molar-refractivity contribution in [2.24, 2.45) is 0 Å². The monoisotopic (exact) mass is 346 g/mol. The molecule has 0 heterocycles. The first kappa shape index (κ1) is 18.6. The summed E-state index contributed by atoms with van der Waals surface area (Å²) in [5.74, 6) is 0.755. The topological polar surface area (TPSA) is 17.1 Å². The summed E-state index contributed by atoms with van der Waals surface area (Å²) in [4.78, 5) is 12.4. The Labute approximate surface area is 158 Å². The zero-order valence-electron chi connectivity index (χ0n) is 16.3. The van der Waals surface area contributed by atoms with E-state index in [4.69, 9.17) is 0 Å². The van der Waals surface area contributed by atoms with Crippen LogP contribution in [-0.4, -0.2) is 5.78 Å². The summed E-state index contributed by atoms with van der Waals surface area (Å²) in [5, 5.41) is 0. The molecule has 136 valence electrons. The highest BCUT2D eigenvalue weighted by atomic mass is 16.1. The van der Waals surface area contributed by atoms with Crippen LogP contribution in [0.5, 0.6) is 0 Å². The van der Waals surface area contributed by atoms with Crippen LogP contribution in [-0.2, 0) is 5.41 Å². The minimum absolute atomic E-state index is 0.0695. The normalized spacial score (nSPS) is 16.1. The van der Waals surface area contributed by atoms with Crippen LogP contribution in [0.3, 0.4) is 0 Å². The lowest BCUT2D eigenvalue weighted by atomic mass is 9.84. The molecule has 1 aliphatic rings. The zero-order chi connectivity index (χ0) is 18.6. The molecule has 1 heteroatoms. The van der Waals surface area contributed by atoms with Crippen LogP contribution in [0.4, 0.5) is 0 Å². The second-order valence-corrected chi connectivity index (χ2v) is 8.53. The van der Waals surface area contributed by atoms with Gasteiger partial charge in [0, 0.05) is 5.56 Å². The van der Waals surface area contributed by atoms with Gasteiger partial charge in [-0.05, 0) is 46.9 Å². The van der Waals surface area contributed by atoms with Crippen LogP contribution in [0.25, 0.3) is 6.08 Å². The summed E-state index contributed by atoms with van der Waals surface area (Å²) >= 11 is 0. The molecule has 0 bridgehead atoms. The van der Waals surface area contributed by atoms with E-state index in [0.29, 0.717) is 5.92 Å². The van der Waals surface area contributed by atoms with Crippen molar-refractivity contribution in [3.63, 3.8) is 0 Å². The van der Waals surface area contributed by atoms with Gasteiger partial charge in [-0.15, -0.1) is 0 Å². The summed E-state index contributed by atoms with van der Waals surface area (Å²) in [6.45, 7) is 6.62. The quantitative estimate of drug-likeness (QED) is 0.433. The summed E-state index contributed by atoms with van der Waals surface area (Å²) in [6.07, 6.45) is 10.2. The molecule has 26 heavy (non-hydrogen) atoms. The molecule has 0 unspecified atom stereocenters. The van der Waals surface area contributed by atoms with Gasteiger partial charge in [0.25, 0.3) is 0 Å². The van der Waals surface area contributed by atoms with Gasteiger partial charge in [0.05, 0.1) is 0 Å². The predicted molar refractivity (Wildman–Crippen MR) is 111 cm³/mol. The number of hydrogen-bond donors (Lipinski definition) is 0. The van der Waals surface area contributed by atoms with Crippen molar-refractivity contribution >= 4 is 11.9 Å². The SMILES string of the molecule is CC(C)(C)c1ccc(/C=C/C(=O)c2ccc(C3CCCCC3)cc2)cc1. The van der Waals surface area contributed by atoms with Crippen molar-refractivity contribution in [1.29, 1.82) is 0 Å². The highest BCUT2D eigenvalue weighted by Gasteiger charge is 2.15. The predicted octanol–water partition coefficient (Wildman–Crippen LogP) is 6.93. The molecule has 1 fully saturated rings. The molecule has 2 aromatic carbocycles. The first-order valence-corrected chi connectivity index (χ1v) is 9.86. The van der Waals surface area contributed by atoms with Crippen molar-refractivity contribution in [2.45, 2.75) is 64.2 Å².